The lowest BCUT2D eigenvalue weighted by atomic mass is 10.0. The van der Waals surface area contributed by atoms with Gasteiger partial charge in [-0.25, -0.2) is 14.1 Å². The largest absolute Gasteiger partial charge is 0.361 e. The maximum Gasteiger partial charge on any atom is 0.177 e. The van der Waals surface area contributed by atoms with Gasteiger partial charge >= 0.3 is 0 Å². The molecule has 32 heavy (non-hydrogen) atoms. The molecule has 2 fully saturated rings. The first-order chi connectivity index (χ1) is 15.4. The topological polar surface area (TPSA) is 73.0 Å². The fourth-order valence-corrected chi connectivity index (χ4v) is 4.58. The second-order valence-corrected chi connectivity index (χ2v) is 8.87. The van der Waals surface area contributed by atoms with Crippen LogP contribution < -0.4 is 5.43 Å². The predicted molar refractivity (Wildman–Crippen MR) is 123 cm³/mol. The fraction of sp³-hybridized carbons (Fsp3) is 0.542. The van der Waals surface area contributed by atoms with Crippen LogP contribution in [0.5, 0.6) is 0 Å². The molecule has 1 saturated heterocycles. The molecule has 2 aromatic heterocycles. The number of hydrogen-bond acceptors (Lipinski definition) is 6. The predicted octanol–water partition coefficient (Wildman–Crippen LogP) is 3.82. The van der Waals surface area contributed by atoms with Crippen molar-refractivity contribution in [2.24, 2.45) is 0 Å². The lowest BCUT2D eigenvalue weighted by Gasteiger charge is -2.44. The monoisotopic (exact) mass is 437 g/mol. The van der Waals surface area contributed by atoms with Crippen LogP contribution in [0.4, 0.5) is 4.39 Å². The zero-order valence-corrected chi connectivity index (χ0v) is 19.3. The summed E-state index contributed by atoms with van der Waals surface area (Å²) in [4.78, 5) is 13.8. The molecule has 4 rings (SSSR count). The van der Waals surface area contributed by atoms with Gasteiger partial charge in [-0.05, 0) is 45.2 Å². The summed E-state index contributed by atoms with van der Waals surface area (Å²) in [6.07, 6.45) is 6.48. The summed E-state index contributed by atoms with van der Waals surface area (Å²) in [5, 5.41) is 9.03. The van der Waals surface area contributed by atoms with Gasteiger partial charge in [0.15, 0.2) is 5.82 Å². The third-order valence-corrected chi connectivity index (χ3v) is 6.58. The zero-order valence-electron chi connectivity index (χ0n) is 19.3. The Morgan fingerprint density at radius 3 is 2.69 bits per heavy atom. The number of hydrogen-bond donors (Lipinski definition) is 1. The van der Waals surface area contributed by atoms with Gasteiger partial charge in [0.05, 0.1) is 24.4 Å². The number of nitrogens with one attached hydrogen (secondary N) is 1. The molecule has 2 unspecified atom stereocenters. The fourth-order valence-electron chi connectivity index (χ4n) is 4.58. The Hall–Kier alpha value is -2.92. The van der Waals surface area contributed by atoms with Gasteiger partial charge in [-0.2, -0.15) is 5.26 Å². The number of imidazole rings is 1. The van der Waals surface area contributed by atoms with Crippen molar-refractivity contribution in [3.05, 3.63) is 53.1 Å². The number of piperazine rings is 1. The van der Waals surface area contributed by atoms with Crippen molar-refractivity contribution >= 4 is 5.70 Å². The van der Waals surface area contributed by atoms with Crippen molar-refractivity contribution in [3.63, 3.8) is 0 Å². The van der Waals surface area contributed by atoms with E-state index in [1.54, 1.807) is 17.9 Å². The average molecular weight is 438 g/mol. The first-order valence-corrected chi connectivity index (χ1v) is 11.4. The van der Waals surface area contributed by atoms with Crippen molar-refractivity contribution in [1.29, 1.82) is 5.26 Å². The first kappa shape index (κ1) is 22.3. The molecule has 2 aromatic rings. The molecule has 3 heterocycles. The molecular weight excluding hydrogens is 405 g/mol. The normalized spacial score (nSPS) is 21.1. The maximum absolute atomic E-state index is 14.8. The molecule has 1 saturated carbocycles. The second kappa shape index (κ2) is 9.29. The Kier molecular flexibility index (Phi) is 6.47. The van der Waals surface area contributed by atoms with Crippen molar-refractivity contribution in [1.82, 2.24) is 24.4 Å². The van der Waals surface area contributed by atoms with Crippen molar-refractivity contribution in [3.8, 4) is 6.07 Å². The van der Waals surface area contributed by atoms with Crippen LogP contribution in [-0.4, -0.2) is 57.2 Å². The van der Waals surface area contributed by atoms with Crippen LogP contribution in [0.1, 0.15) is 68.3 Å². The van der Waals surface area contributed by atoms with Gasteiger partial charge in [-0.1, -0.05) is 6.07 Å². The maximum atomic E-state index is 14.8. The summed E-state index contributed by atoms with van der Waals surface area (Å²) in [6, 6.07) is 6.85. The molecule has 1 aliphatic heterocycles. The highest BCUT2D eigenvalue weighted by Gasteiger charge is 2.32. The molecule has 2 aliphatic rings. The summed E-state index contributed by atoms with van der Waals surface area (Å²) < 4.78 is 16.5. The summed E-state index contributed by atoms with van der Waals surface area (Å²) in [5.74, 6) is 0.894. The first-order valence-electron chi connectivity index (χ1n) is 11.4. The Morgan fingerprint density at radius 1 is 1.34 bits per heavy atom. The molecule has 0 bridgehead atoms. The molecule has 1 N–H and O–H groups in total. The van der Waals surface area contributed by atoms with Crippen LogP contribution in [0.15, 0.2) is 30.4 Å². The highest BCUT2D eigenvalue weighted by molar-refractivity contribution is 5.61. The van der Waals surface area contributed by atoms with Gasteiger partial charge < -0.3 is 10.3 Å². The molecule has 7 nitrogen and oxygen atoms in total. The van der Waals surface area contributed by atoms with Crippen LogP contribution in [-0.2, 0) is 6.42 Å². The Morgan fingerprint density at radius 2 is 2.12 bits per heavy atom. The number of halogens is 1. The number of aromatic nitrogens is 3. The smallest absolute Gasteiger partial charge is 0.177 e. The minimum absolute atomic E-state index is 0.104. The minimum atomic E-state index is -0.274. The molecule has 0 aromatic carbocycles. The molecular formula is C24H32FN7. The van der Waals surface area contributed by atoms with Gasteiger partial charge in [-0.3, -0.25) is 9.88 Å². The Labute approximate surface area is 189 Å². The van der Waals surface area contributed by atoms with E-state index in [-0.39, 0.29) is 24.3 Å². The van der Waals surface area contributed by atoms with E-state index in [2.05, 4.69) is 57.2 Å². The van der Waals surface area contributed by atoms with Gasteiger partial charge in [0.2, 0.25) is 0 Å². The van der Waals surface area contributed by atoms with E-state index in [1.165, 1.54) is 31.0 Å². The summed E-state index contributed by atoms with van der Waals surface area (Å²) in [5.41, 5.74) is 6.57. The molecule has 170 valence electrons. The van der Waals surface area contributed by atoms with Crippen molar-refractivity contribution < 1.29 is 4.39 Å². The van der Waals surface area contributed by atoms with Gasteiger partial charge in [0, 0.05) is 56.6 Å². The van der Waals surface area contributed by atoms with E-state index in [0.29, 0.717) is 29.7 Å². The van der Waals surface area contributed by atoms with Crippen LogP contribution in [0.25, 0.3) is 5.70 Å². The highest BCUT2D eigenvalue weighted by atomic mass is 19.1. The van der Waals surface area contributed by atoms with Gasteiger partial charge in [-0.15, -0.1) is 0 Å². The van der Waals surface area contributed by atoms with Crippen molar-refractivity contribution in [2.45, 2.75) is 58.0 Å². The molecule has 0 spiro atoms. The third-order valence-electron chi connectivity index (χ3n) is 6.58. The second-order valence-electron chi connectivity index (χ2n) is 8.87. The summed E-state index contributed by atoms with van der Waals surface area (Å²) in [7, 11) is 1.76. The lowest BCUT2D eigenvalue weighted by molar-refractivity contribution is 0.0949. The SMILES string of the molecule is CNn1cc(CC#N)nc1/C(=C(\C)F)N1CCN(C(C)c2ccc(C3CC3)nc2)CC1C. The number of nitrogens with zero attached hydrogens (tertiary/aromatic N) is 6. The van der Waals surface area contributed by atoms with Gasteiger partial charge in [0.25, 0.3) is 0 Å². The molecule has 0 radical (unpaired) electrons. The van der Waals surface area contributed by atoms with E-state index in [4.69, 9.17) is 5.26 Å². The number of allylic oxidation sites excluding steroid dienone is 1. The number of pyridine rings is 1. The van der Waals surface area contributed by atoms with E-state index in [9.17, 15) is 4.39 Å². The zero-order chi connectivity index (χ0) is 22.8. The van der Waals surface area contributed by atoms with E-state index in [1.807, 2.05) is 6.20 Å². The van der Waals surface area contributed by atoms with E-state index >= 15 is 0 Å². The highest BCUT2D eigenvalue weighted by Crippen LogP contribution is 2.39. The van der Waals surface area contributed by atoms with Crippen LogP contribution >= 0.6 is 0 Å². The standard InChI is InChI=1S/C24H32FN7/c1-16-14-30(18(3)20-7-8-22(28-13-20)19-5-6-19)11-12-31(16)23(17(2)25)24-29-21(9-10-26)15-32(24)27-4/h7-8,13,15-16,18-19,27H,5-6,9,11-12,14H2,1-4H3/b23-17-. The van der Waals surface area contributed by atoms with E-state index in [0.717, 1.165) is 13.1 Å². The molecule has 0 amide bonds. The lowest BCUT2D eigenvalue weighted by Crippen LogP contribution is -2.51. The molecule has 8 heteroatoms. The molecule has 2 atom stereocenters. The third kappa shape index (κ3) is 4.49. The number of rotatable bonds is 7. The minimum Gasteiger partial charge on any atom is -0.361 e. The molecule has 1 aliphatic carbocycles. The van der Waals surface area contributed by atoms with Gasteiger partial charge in [0.1, 0.15) is 11.5 Å². The average Bonchev–Trinajstić information content (AvgIpc) is 3.56. The quantitative estimate of drug-likeness (QED) is 0.710. The van der Waals surface area contributed by atoms with Crippen LogP contribution in [0.3, 0.4) is 0 Å². The Bertz CT molecular complexity index is 1010. The number of nitriles is 1. The van der Waals surface area contributed by atoms with Crippen molar-refractivity contribution in [2.75, 3.05) is 32.1 Å². The summed E-state index contributed by atoms with van der Waals surface area (Å²) in [6.45, 7) is 8.14. The van der Waals surface area contributed by atoms with E-state index < -0.39 is 0 Å². The van der Waals surface area contributed by atoms with Crippen LogP contribution in [0.2, 0.25) is 0 Å². The Balaban J connectivity index is 1.50. The van der Waals surface area contributed by atoms with Crippen LogP contribution in [0, 0.1) is 11.3 Å². The summed E-state index contributed by atoms with van der Waals surface area (Å²) >= 11 is 0.